The topological polar surface area (TPSA) is 97.4 Å². The lowest BCUT2D eigenvalue weighted by atomic mass is 9.53. The van der Waals surface area contributed by atoms with Crippen molar-refractivity contribution < 1.29 is 14.0 Å². The molecule has 1 saturated heterocycles. The number of carbonyl (C=O) groups is 2. The summed E-state index contributed by atoms with van der Waals surface area (Å²) in [6, 6.07) is 6.85. The smallest absolute Gasteiger partial charge is 0.234 e. The first-order chi connectivity index (χ1) is 17.5. The first kappa shape index (κ1) is 24.2. The van der Waals surface area contributed by atoms with Crippen molar-refractivity contribution in [2.75, 3.05) is 6.54 Å². The zero-order chi connectivity index (χ0) is 24.7. The van der Waals surface area contributed by atoms with Crippen LogP contribution in [0.3, 0.4) is 0 Å². The summed E-state index contributed by atoms with van der Waals surface area (Å²) in [7, 11) is 0. The molecule has 6 heteroatoms. The third-order valence-electron chi connectivity index (χ3n) is 9.61. The molecule has 1 aliphatic heterocycles. The highest BCUT2D eigenvalue weighted by molar-refractivity contribution is 6.02. The van der Waals surface area contributed by atoms with E-state index in [1.54, 1.807) is 6.26 Å². The Kier molecular flexibility index (Phi) is 6.67. The molecule has 2 heterocycles. The first-order valence-corrected chi connectivity index (χ1v) is 14.3. The summed E-state index contributed by atoms with van der Waals surface area (Å²) in [5.74, 6) is 2.00. The van der Waals surface area contributed by atoms with Crippen molar-refractivity contribution >= 4 is 22.8 Å². The monoisotopic (exact) mass is 491 g/mol. The van der Waals surface area contributed by atoms with Crippen molar-refractivity contribution in [2.45, 2.75) is 101 Å². The number of amides is 2. The minimum Gasteiger partial charge on any atom is -0.464 e. The fourth-order valence-electron chi connectivity index (χ4n) is 8.37. The number of nitrogens with two attached hydrogens (primary N) is 1. The number of benzene rings is 1. The first-order valence-electron chi connectivity index (χ1n) is 14.3. The zero-order valence-electron chi connectivity index (χ0n) is 21.4. The average Bonchev–Trinajstić information content (AvgIpc) is 3.25. The van der Waals surface area contributed by atoms with Crippen molar-refractivity contribution in [3.05, 3.63) is 35.6 Å². The molecule has 1 aromatic heterocycles. The quantitative estimate of drug-likeness (QED) is 0.303. The van der Waals surface area contributed by atoms with Crippen LogP contribution in [0.4, 0.5) is 0 Å². The molecule has 36 heavy (non-hydrogen) atoms. The van der Waals surface area contributed by atoms with Crippen LogP contribution in [0.15, 0.2) is 28.9 Å². The number of rotatable bonds is 10. The Hall–Kier alpha value is -2.18. The van der Waals surface area contributed by atoms with Gasteiger partial charge in [-0.15, -0.1) is 0 Å². The third kappa shape index (κ3) is 4.74. The molecule has 4 bridgehead atoms. The molecule has 4 N–H and O–H groups in total. The summed E-state index contributed by atoms with van der Waals surface area (Å²) in [6.45, 7) is 0.773. The van der Waals surface area contributed by atoms with E-state index in [9.17, 15) is 9.59 Å². The molecule has 2 aromatic rings. The summed E-state index contributed by atoms with van der Waals surface area (Å²) in [5.41, 5.74) is 9.03. The number of unbranched alkanes of at least 4 members (excludes halogenated alkanes) is 3. The third-order valence-corrected chi connectivity index (χ3v) is 9.61. The summed E-state index contributed by atoms with van der Waals surface area (Å²) >= 11 is 0. The van der Waals surface area contributed by atoms with Gasteiger partial charge in [-0.1, -0.05) is 25.3 Å². The number of hydrogen-bond donors (Lipinski definition) is 3. The van der Waals surface area contributed by atoms with Gasteiger partial charge in [0, 0.05) is 29.0 Å². The fourth-order valence-corrected chi connectivity index (χ4v) is 8.37. The molecule has 194 valence electrons. The Morgan fingerprint density at radius 2 is 1.75 bits per heavy atom. The number of imide groups is 1. The lowest BCUT2D eigenvalue weighted by molar-refractivity contribution is -0.134. The van der Waals surface area contributed by atoms with Crippen molar-refractivity contribution in [1.82, 2.24) is 10.6 Å². The maximum Gasteiger partial charge on any atom is 0.234 e. The van der Waals surface area contributed by atoms with Gasteiger partial charge in [0.15, 0.2) is 0 Å². The standard InChI is InChI=1S/C30H41N3O3/c31-10-4-2-1-3-5-26(33-30-15-19-11-20(16-30)13-21(12-19)17-30)22-6-8-27-24(14-22)25(18-36-27)23-7-9-28(34)32-29(23)35/h6,8,14,18-21,23,26,33H,1-5,7,9-13,15-17,31H2,(H,32,34,35). The number of hydrogen-bond acceptors (Lipinski definition) is 5. The number of nitrogens with one attached hydrogen (secondary N) is 2. The van der Waals surface area contributed by atoms with E-state index in [-0.39, 0.29) is 23.3 Å². The van der Waals surface area contributed by atoms with Crippen LogP contribution in [-0.4, -0.2) is 23.9 Å². The largest absolute Gasteiger partial charge is 0.464 e. The normalized spacial score (nSPS) is 32.2. The minimum absolute atomic E-state index is 0.181. The van der Waals surface area contributed by atoms with Crippen molar-refractivity contribution in [2.24, 2.45) is 23.5 Å². The van der Waals surface area contributed by atoms with Crippen LogP contribution in [-0.2, 0) is 9.59 Å². The molecule has 4 aliphatic carbocycles. The highest BCUT2D eigenvalue weighted by atomic mass is 16.3. The summed E-state index contributed by atoms with van der Waals surface area (Å²) in [5, 5.41) is 7.79. The summed E-state index contributed by atoms with van der Waals surface area (Å²) in [4.78, 5) is 24.3. The Labute approximate surface area is 214 Å². The Morgan fingerprint density at radius 1 is 1.03 bits per heavy atom. The Bertz CT molecular complexity index is 1090. The van der Waals surface area contributed by atoms with E-state index in [1.165, 1.54) is 63.4 Å². The molecule has 2 amide bonds. The molecule has 1 aromatic carbocycles. The molecule has 5 aliphatic rings. The summed E-state index contributed by atoms with van der Waals surface area (Å²) < 4.78 is 5.87. The van der Waals surface area contributed by atoms with Gasteiger partial charge in [-0.25, -0.2) is 0 Å². The van der Waals surface area contributed by atoms with E-state index in [0.29, 0.717) is 18.9 Å². The molecular weight excluding hydrogens is 450 g/mol. The van der Waals surface area contributed by atoms with Gasteiger partial charge in [-0.3, -0.25) is 14.9 Å². The number of furan rings is 1. The van der Waals surface area contributed by atoms with Crippen LogP contribution >= 0.6 is 0 Å². The van der Waals surface area contributed by atoms with Gasteiger partial charge in [-0.2, -0.15) is 0 Å². The molecule has 4 saturated carbocycles. The zero-order valence-corrected chi connectivity index (χ0v) is 21.4. The SMILES string of the molecule is NCCCCCCC(NC12CC3CC(CC(C3)C1)C2)c1ccc2occ(C3CCC(=O)NC3=O)c2c1. The predicted octanol–water partition coefficient (Wildman–Crippen LogP) is 5.46. The average molecular weight is 492 g/mol. The van der Waals surface area contributed by atoms with Gasteiger partial charge in [0.25, 0.3) is 0 Å². The van der Waals surface area contributed by atoms with Gasteiger partial charge >= 0.3 is 0 Å². The maximum absolute atomic E-state index is 12.6. The van der Waals surface area contributed by atoms with Gasteiger partial charge in [-0.05, 0) is 99.8 Å². The molecule has 6 nitrogen and oxygen atoms in total. The van der Waals surface area contributed by atoms with E-state index in [4.69, 9.17) is 10.2 Å². The van der Waals surface area contributed by atoms with Crippen LogP contribution < -0.4 is 16.4 Å². The molecular formula is C30H41N3O3. The van der Waals surface area contributed by atoms with Gasteiger partial charge in [0.2, 0.25) is 11.8 Å². The second-order valence-corrected chi connectivity index (χ2v) is 12.3. The van der Waals surface area contributed by atoms with Crippen LogP contribution in [0, 0.1) is 17.8 Å². The molecule has 5 fully saturated rings. The van der Waals surface area contributed by atoms with Crippen molar-refractivity contribution in [3.63, 3.8) is 0 Å². The number of carbonyl (C=O) groups excluding carboxylic acids is 2. The summed E-state index contributed by atoms with van der Waals surface area (Å²) in [6.07, 6.45) is 16.8. The number of fused-ring (bicyclic) bond motifs is 1. The van der Waals surface area contributed by atoms with Crippen LogP contribution in [0.25, 0.3) is 11.0 Å². The number of piperidine rings is 1. The highest BCUT2D eigenvalue weighted by Gasteiger charge is 2.51. The van der Waals surface area contributed by atoms with Gasteiger partial charge < -0.3 is 15.5 Å². The van der Waals surface area contributed by atoms with Crippen LogP contribution in [0.1, 0.15) is 107 Å². The minimum atomic E-state index is -0.329. The van der Waals surface area contributed by atoms with E-state index in [2.05, 4.69) is 28.8 Å². The molecule has 0 spiro atoms. The van der Waals surface area contributed by atoms with Crippen LogP contribution in [0.2, 0.25) is 0 Å². The molecule has 2 atom stereocenters. The van der Waals surface area contributed by atoms with Crippen LogP contribution in [0.5, 0.6) is 0 Å². The highest BCUT2D eigenvalue weighted by Crippen LogP contribution is 2.56. The van der Waals surface area contributed by atoms with Crippen molar-refractivity contribution in [3.8, 4) is 0 Å². The second kappa shape index (κ2) is 9.94. The maximum atomic E-state index is 12.6. The van der Waals surface area contributed by atoms with E-state index in [0.717, 1.165) is 53.7 Å². The molecule has 2 unspecified atom stereocenters. The Balaban J connectivity index is 1.27. The van der Waals surface area contributed by atoms with E-state index < -0.39 is 0 Å². The molecule has 7 rings (SSSR count). The fraction of sp³-hybridized carbons (Fsp3) is 0.667. The predicted molar refractivity (Wildman–Crippen MR) is 140 cm³/mol. The van der Waals surface area contributed by atoms with Gasteiger partial charge in [0.1, 0.15) is 5.58 Å². The lowest BCUT2D eigenvalue weighted by Gasteiger charge is -2.58. The lowest BCUT2D eigenvalue weighted by Crippen LogP contribution is -2.59. The van der Waals surface area contributed by atoms with E-state index >= 15 is 0 Å². The van der Waals surface area contributed by atoms with E-state index in [1.807, 2.05) is 0 Å². The van der Waals surface area contributed by atoms with Gasteiger partial charge in [0.05, 0.1) is 12.2 Å². The van der Waals surface area contributed by atoms with Crippen molar-refractivity contribution in [1.29, 1.82) is 0 Å². The Morgan fingerprint density at radius 3 is 2.44 bits per heavy atom. The molecule has 0 radical (unpaired) electrons. The second-order valence-electron chi connectivity index (χ2n) is 12.3.